The van der Waals surface area contributed by atoms with Crippen LogP contribution in [0.25, 0.3) is 0 Å². The molecule has 0 aliphatic heterocycles. The highest BCUT2D eigenvalue weighted by molar-refractivity contribution is 6.31. The number of halogens is 1. The molecule has 0 saturated heterocycles. The molecule has 1 aromatic heterocycles. The number of hydrogen-bond acceptors (Lipinski definition) is 3. The molecular weight excluding hydrogens is 266 g/mol. The molecule has 0 aliphatic rings. The first-order valence-electron chi connectivity index (χ1n) is 5.66. The van der Waals surface area contributed by atoms with Gasteiger partial charge < -0.3 is 10.1 Å². The molecule has 0 radical (unpaired) electrons. The monoisotopic (exact) mass is 279 g/mol. The van der Waals surface area contributed by atoms with E-state index in [0.29, 0.717) is 27.7 Å². The minimum atomic E-state index is -0.244. The van der Waals surface area contributed by atoms with E-state index in [1.165, 1.54) is 7.11 Å². The SMILES string of the molecule is COc1ccc(Cl)cc1NC(=O)c1cn(C)nc1C. The van der Waals surface area contributed by atoms with E-state index >= 15 is 0 Å². The third kappa shape index (κ3) is 2.88. The van der Waals surface area contributed by atoms with Gasteiger partial charge in [-0.1, -0.05) is 11.6 Å². The van der Waals surface area contributed by atoms with Crippen molar-refractivity contribution in [1.82, 2.24) is 9.78 Å². The number of benzene rings is 1. The van der Waals surface area contributed by atoms with E-state index < -0.39 is 0 Å². The number of nitrogens with zero attached hydrogens (tertiary/aromatic N) is 2. The zero-order chi connectivity index (χ0) is 14.0. The lowest BCUT2D eigenvalue weighted by molar-refractivity contribution is 0.102. The van der Waals surface area contributed by atoms with Gasteiger partial charge in [0.05, 0.1) is 24.1 Å². The van der Waals surface area contributed by atoms with E-state index in [9.17, 15) is 4.79 Å². The lowest BCUT2D eigenvalue weighted by atomic mass is 10.2. The predicted molar refractivity (Wildman–Crippen MR) is 73.9 cm³/mol. The number of carbonyl (C=O) groups excluding carboxylic acids is 1. The van der Waals surface area contributed by atoms with Gasteiger partial charge in [0.25, 0.3) is 5.91 Å². The summed E-state index contributed by atoms with van der Waals surface area (Å²) in [4.78, 5) is 12.2. The summed E-state index contributed by atoms with van der Waals surface area (Å²) in [5.74, 6) is 0.311. The number of aromatic nitrogens is 2. The Labute approximate surface area is 116 Å². The maximum atomic E-state index is 12.2. The van der Waals surface area contributed by atoms with Crippen LogP contribution in [0, 0.1) is 6.92 Å². The quantitative estimate of drug-likeness (QED) is 0.940. The fourth-order valence-electron chi connectivity index (χ4n) is 1.79. The van der Waals surface area contributed by atoms with Crippen LogP contribution < -0.4 is 10.1 Å². The van der Waals surface area contributed by atoms with E-state index in [2.05, 4.69) is 10.4 Å². The largest absolute Gasteiger partial charge is 0.495 e. The first kappa shape index (κ1) is 13.4. The topological polar surface area (TPSA) is 56.1 Å². The number of anilines is 1. The third-order valence-corrected chi connectivity index (χ3v) is 2.90. The number of methoxy groups -OCH3 is 1. The van der Waals surface area contributed by atoms with Crippen molar-refractivity contribution in [3.8, 4) is 5.75 Å². The molecule has 2 rings (SSSR count). The Bertz CT molecular complexity index is 622. The molecule has 0 atom stereocenters. The standard InChI is InChI=1S/C13H14ClN3O2/c1-8-10(7-17(2)16-8)13(18)15-11-6-9(14)4-5-12(11)19-3/h4-7H,1-3H3,(H,15,18). The first-order valence-corrected chi connectivity index (χ1v) is 6.04. The number of aryl methyl sites for hydroxylation is 2. The summed E-state index contributed by atoms with van der Waals surface area (Å²) in [5.41, 5.74) is 1.72. The normalized spacial score (nSPS) is 10.3. The second-order valence-electron chi connectivity index (χ2n) is 4.10. The van der Waals surface area contributed by atoms with Crippen molar-refractivity contribution in [2.24, 2.45) is 7.05 Å². The van der Waals surface area contributed by atoms with E-state index in [4.69, 9.17) is 16.3 Å². The Kier molecular flexibility index (Phi) is 3.76. The van der Waals surface area contributed by atoms with Crippen LogP contribution in [-0.4, -0.2) is 22.8 Å². The Balaban J connectivity index is 2.28. The molecule has 1 N–H and O–H groups in total. The average molecular weight is 280 g/mol. The Morgan fingerprint density at radius 1 is 1.47 bits per heavy atom. The summed E-state index contributed by atoms with van der Waals surface area (Å²) in [6.45, 7) is 1.78. The van der Waals surface area contributed by atoms with Crippen LogP contribution in [0.2, 0.25) is 5.02 Å². The molecule has 0 bridgehead atoms. The summed E-state index contributed by atoms with van der Waals surface area (Å²) >= 11 is 5.92. The number of hydrogen-bond donors (Lipinski definition) is 1. The van der Waals surface area contributed by atoms with Crippen LogP contribution in [0.1, 0.15) is 16.1 Å². The number of carbonyl (C=O) groups is 1. The molecule has 1 aromatic carbocycles. The van der Waals surface area contributed by atoms with Gasteiger partial charge >= 0.3 is 0 Å². The van der Waals surface area contributed by atoms with Crippen molar-refractivity contribution in [2.45, 2.75) is 6.92 Å². The van der Waals surface area contributed by atoms with Crippen molar-refractivity contribution >= 4 is 23.2 Å². The van der Waals surface area contributed by atoms with Crippen molar-refractivity contribution in [3.63, 3.8) is 0 Å². The summed E-state index contributed by atoms with van der Waals surface area (Å²) in [7, 11) is 3.30. The second-order valence-corrected chi connectivity index (χ2v) is 4.54. The van der Waals surface area contributed by atoms with Crippen molar-refractivity contribution in [3.05, 3.63) is 40.7 Å². The van der Waals surface area contributed by atoms with Gasteiger partial charge in [0.2, 0.25) is 0 Å². The van der Waals surface area contributed by atoms with Crippen LogP contribution in [0.3, 0.4) is 0 Å². The minimum Gasteiger partial charge on any atom is -0.495 e. The van der Waals surface area contributed by atoms with Gasteiger partial charge in [-0.05, 0) is 25.1 Å². The first-order chi connectivity index (χ1) is 9.01. The fraction of sp³-hybridized carbons (Fsp3) is 0.231. The molecular formula is C13H14ClN3O2. The highest BCUT2D eigenvalue weighted by atomic mass is 35.5. The number of nitrogens with one attached hydrogen (secondary N) is 1. The third-order valence-electron chi connectivity index (χ3n) is 2.67. The van der Waals surface area contributed by atoms with Crippen molar-refractivity contribution in [1.29, 1.82) is 0 Å². The summed E-state index contributed by atoms with van der Waals surface area (Å²) in [6, 6.07) is 5.05. The smallest absolute Gasteiger partial charge is 0.259 e. The lowest BCUT2D eigenvalue weighted by Gasteiger charge is -2.10. The van der Waals surface area contributed by atoms with Gasteiger partial charge in [0, 0.05) is 18.3 Å². The van der Waals surface area contributed by atoms with E-state index in [0.717, 1.165) is 0 Å². The minimum absolute atomic E-state index is 0.244. The fourth-order valence-corrected chi connectivity index (χ4v) is 1.96. The maximum Gasteiger partial charge on any atom is 0.259 e. The summed E-state index contributed by atoms with van der Waals surface area (Å²) in [5, 5.41) is 7.43. The molecule has 1 heterocycles. The van der Waals surface area contributed by atoms with Crippen LogP contribution in [-0.2, 0) is 7.05 Å². The molecule has 1 amide bonds. The molecule has 0 aliphatic carbocycles. The summed E-state index contributed by atoms with van der Waals surface area (Å²) in [6.07, 6.45) is 1.67. The zero-order valence-corrected chi connectivity index (χ0v) is 11.7. The van der Waals surface area contributed by atoms with Gasteiger partial charge in [-0.25, -0.2) is 0 Å². The van der Waals surface area contributed by atoms with Gasteiger partial charge in [-0.3, -0.25) is 9.48 Å². The number of amides is 1. The van der Waals surface area contributed by atoms with E-state index in [-0.39, 0.29) is 5.91 Å². The van der Waals surface area contributed by atoms with Crippen molar-refractivity contribution in [2.75, 3.05) is 12.4 Å². The zero-order valence-electron chi connectivity index (χ0n) is 10.9. The van der Waals surface area contributed by atoms with Crippen LogP contribution >= 0.6 is 11.6 Å². The molecule has 2 aromatic rings. The second kappa shape index (κ2) is 5.32. The highest BCUT2D eigenvalue weighted by Gasteiger charge is 2.14. The molecule has 0 fully saturated rings. The van der Waals surface area contributed by atoms with Gasteiger partial charge in [-0.2, -0.15) is 5.10 Å². The molecule has 6 heteroatoms. The molecule has 0 saturated carbocycles. The van der Waals surface area contributed by atoms with E-state index in [1.807, 2.05) is 0 Å². The predicted octanol–water partition coefficient (Wildman–Crippen LogP) is 2.64. The Hall–Kier alpha value is -2.01. The maximum absolute atomic E-state index is 12.2. The highest BCUT2D eigenvalue weighted by Crippen LogP contribution is 2.28. The molecule has 0 unspecified atom stereocenters. The Morgan fingerprint density at radius 3 is 2.79 bits per heavy atom. The van der Waals surface area contributed by atoms with Gasteiger partial charge in [0.1, 0.15) is 5.75 Å². The van der Waals surface area contributed by atoms with Gasteiger partial charge in [-0.15, -0.1) is 0 Å². The summed E-state index contributed by atoms with van der Waals surface area (Å²) < 4.78 is 6.78. The van der Waals surface area contributed by atoms with Gasteiger partial charge in [0.15, 0.2) is 0 Å². The van der Waals surface area contributed by atoms with Crippen LogP contribution in [0.15, 0.2) is 24.4 Å². The number of ether oxygens (including phenoxy) is 1. The molecule has 19 heavy (non-hydrogen) atoms. The van der Waals surface area contributed by atoms with E-state index in [1.54, 1.807) is 43.0 Å². The van der Waals surface area contributed by atoms with Crippen LogP contribution in [0.4, 0.5) is 5.69 Å². The average Bonchev–Trinajstić information content (AvgIpc) is 2.69. The number of rotatable bonds is 3. The molecule has 100 valence electrons. The molecule has 0 spiro atoms. The van der Waals surface area contributed by atoms with Crippen LogP contribution in [0.5, 0.6) is 5.75 Å². The van der Waals surface area contributed by atoms with Crippen molar-refractivity contribution < 1.29 is 9.53 Å². The molecule has 5 nitrogen and oxygen atoms in total. The lowest BCUT2D eigenvalue weighted by Crippen LogP contribution is -2.13. The Morgan fingerprint density at radius 2 is 2.21 bits per heavy atom.